The number of carbonyl (C=O) groups excluding carboxylic acids is 3. The van der Waals surface area contributed by atoms with Crippen molar-refractivity contribution in [3.63, 3.8) is 0 Å². The fraction of sp³-hybridized carbons (Fsp3) is 0.545. The Labute approximate surface area is 108 Å². The summed E-state index contributed by atoms with van der Waals surface area (Å²) in [4.78, 5) is 37.0. The van der Waals surface area contributed by atoms with Crippen molar-refractivity contribution in [1.82, 2.24) is 25.0 Å². The molecule has 1 unspecified atom stereocenters. The van der Waals surface area contributed by atoms with E-state index in [-0.39, 0.29) is 0 Å². The molecule has 19 heavy (non-hydrogen) atoms. The van der Waals surface area contributed by atoms with Crippen molar-refractivity contribution in [2.45, 2.75) is 25.8 Å². The molecule has 100 valence electrons. The van der Waals surface area contributed by atoms with Gasteiger partial charge >= 0.3 is 6.03 Å². The third-order valence-electron chi connectivity index (χ3n) is 3.76. The van der Waals surface area contributed by atoms with Crippen molar-refractivity contribution in [2.75, 3.05) is 0 Å². The van der Waals surface area contributed by atoms with Crippen molar-refractivity contribution in [3.05, 3.63) is 12.2 Å². The summed E-state index contributed by atoms with van der Waals surface area (Å²) in [6, 6.07) is -1.26. The maximum Gasteiger partial charge on any atom is 0.331 e. The summed E-state index contributed by atoms with van der Waals surface area (Å²) < 4.78 is 1.64. The van der Waals surface area contributed by atoms with Crippen LogP contribution in [0.25, 0.3) is 0 Å². The number of nitrogens with one attached hydrogen (secondary N) is 1. The number of barbiturate groups is 1. The summed E-state index contributed by atoms with van der Waals surface area (Å²) in [5, 5.41) is 9.88. The number of rotatable bonds is 2. The molecule has 1 aliphatic heterocycles. The molecule has 1 saturated carbocycles. The Morgan fingerprint density at radius 1 is 1.37 bits per heavy atom. The van der Waals surface area contributed by atoms with E-state index in [0.29, 0.717) is 18.7 Å². The van der Waals surface area contributed by atoms with E-state index in [1.165, 1.54) is 6.33 Å². The number of carbonyl (C=O) groups is 3. The lowest BCUT2D eigenvalue weighted by Crippen LogP contribution is -2.59. The van der Waals surface area contributed by atoms with E-state index in [0.717, 1.165) is 4.90 Å². The molecule has 2 fully saturated rings. The van der Waals surface area contributed by atoms with Crippen molar-refractivity contribution >= 4 is 17.8 Å². The summed E-state index contributed by atoms with van der Waals surface area (Å²) in [5.41, 5.74) is -1.03. The molecule has 1 spiro atoms. The zero-order chi connectivity index (χ0) is 13.8. The van der Waals surface area contributed by atoms with Gasteiger partial charge in [-0.2, -0.15) is 0 Å². The van der Waals surface area contributed by atoms with Gasteiger partial charge in [0.2, 0.25) is 11.8 Å². The fourth-order valence-electron chi connectivity index (χ4n) is 2.40. The maximum absolute atomic E-state index is 12.4. The van der Waals surface area contributed by atoms with E-state index in [2.05, 4.69) is 15.5 Å². The molecule has 1 aromatic rings. The van der Waals surface area contributed by atoms with Crippen LogP contribution in [0.2, 0.25) is 0 Å². The number of aromatic nitrogens is 3. The zero-order valence-electron chi connectivity index (χ0n) is 10.6. The van der Waals surface area contributed by atoms with Crippen LogP contribution < -0.4 is 5.32 Å². The molecule has 0 radical (unpaired) electrons. The number of hydrogen-bond acceptors (Lipinski definition) is 5. The van der Waals surface area contributed by atoms with Gasteiger partial charge in [-0.3, -0.25) is 19.8 Å². The quantitative estimate of drug-likeness (QED) is 0.741. The molecule has 1 saturated heterocycles. The van der Waals surface area contributed by atoms with Crippen LogP contribution in [0, 0.1) is 5.41 Å². The smallest absolute Gasteiger partial charge is 0.319 e. The monoisotopic (exact) mass is 263 g/mol. The first-order chi connectivity index (χ1) is 8.97. The van der Waals surface area contributed by atoms with Crippen LogP contribution in [0.15, 0.2) is 6.33 Å². The highest BCUT2D eigenvalue weighted by atomic mass is 16.2. The second kappa shape index (κ2) is 3.62. The Balaban J connectivity index is 1.96. The zero-order valence-corrected chi connectivity index (χ0v) is 10.6. The Morgan fingerprint density at radius 2 is 2.05 bits per heavy atom. The van der Waals surface area contributed by atoms with Gasteiger partial charge in [-0.05, 0) is 19.8 Å². The summed E-state index contributed by atoms with van der Waals surface area (Å²) in [5.74, 6) is -0.422. The first-order valence-corrected chi connectivity index (χ1v) is 6.00. The van der Waals surface area contributed by atoms with Gasteiger partial charge in [0.05, 0.1) is 6.04 Å². The number of imide groups is 2. The highest BCUT2D eigenvalue weighted by Crippen LogP contribution is 2.50. The van der Waals surface area contributed by atoms with Gasteiger partial charge in [-0.1, -0.05) is 0 Å². The van der Waals surface area contributed by atoms with Crippen LogP contribution in [0.5, 0.6) is 0 Å². The molecule has 1 aromatic heterocycles. The number of aryl methyl sites for hydroxylation is 1. The molecule has 2 heterocycles. The Kier molecular flexibility index (Phi) is 2.25. The van der Waals surface area contributed by atoms with Gasteiger partial charge in [0.15, 0.2) is 5.82 Å². The molecule has 1 atom stereocenters. The van der Waals surface area contributed by atoms with Crippen molar-refractivity contribution in [2.24, 2.45) is 12.5 Å². The summed E-state index contributed by atoms with van der Waals surface area (Å²) in [6.07, 6.45) is 2.48. The second-order valence-corrected chi connectivity index (χ2v) is 4.99. The average Bonchev–Trinajstić information content (AvgIpc) is 3.05. The number of hydrogen-bond donors (Lipinski definition) is 1. The van der Waals surface area contributed by atoms with Gasteiger partial charge in [0.1, 0.15) is 11.7 Å². The molecule has 3 rings (SSSR count). The minimum absolute atomic E-state index is 0.434. The molecule has 4 amide bonds. The van der Waals surface area contributed by atoms with E-state index in [1.54, 1.807) is 18.5 Å². The Hall–Kier alpha value is -2.25. The van der Waals surface area contributed by atoms with Crippen molar-refractivity contribution in [3.8, 4) is 0 Å². The third kappa shape index (κ3) is 1.49. The lowest BCUT2D eigenvalue weighted by molar-refractivity contribution is -0.146. The third-order valence-corrected chi connectivity index (χ3v) is 3.76. The van der Waals surface area contributed by atoms with Crippen LogP contribution in [-0.2, 0) is 16.6 Å². The lowest BCUT2D eigenvalue weighted by Gasteiger charge is -2.33. The van der Waals surface area contributed by atoms with Crippen LogP contribution in [0.3, 0.4) is 0 Å². The number of amides is 4. The van der Waals surface area contributed by atoms with Gasteiger partial charge in [0.25, 0.3) is 0 Å². The van der Waals surface area contributed by atoms with Gasteiger partial charge in [-0.15, -0.1) is 10.2 Å². The molecule has 0 bridgehead atoms. The summed E-state index contributed by atoms with van der Waals surface area (Å²) in [7, 11) is 1.73. The second-order valence-electron chi connectivity index (χ2n) is 4.99. The highest BCUT2D eigenvalue weighted by Gasteiger charge is 2.63. The van der Waals surface area contributed by atoms with Gasteiger partial charge < -0.3 is 4.57 Å². The topological polar surface area (TPSA) is 97.2 Å². The van der Waals surface area contributed by atoms with E-state index >= 15 is 0 Å². The standard InChI is InChI=1S/C11H13N5O3/c1-6(7-14-12-5-15(7)2)16-9(18)11(3-4-11)8(17)13-10(16)19/h5-6H,3-4H2,1-2H3,(H,13,17,19). The first-order valence-electron chi connectivity index (χ1n) is 6.00. The van der Waals surface area contributed by atoms with Crippen LogP contribution in [-0.4, -0.2) is 37.5 Å². The van der Waals surface area contributed by atoms with E-state index in [9.17, 15) is 14.4 Å². The molecule has 2 aliphatic rings. The Morgan fingerprint density at radius 3 is 2.58 bits per heavy atom. The summed E-state index contributed by atoms with van der Waals surface area (Å²) >= 11 is 0. The number of nitrogens with zero attached hydrogens (tertiary/aromatic N) is 4. The predicted molar refractivity (Wildman–Crippen MR) is 61.5 cm³/mol. The van der Waals surface area contributed by atoms with E-state index in [1.807, 2.05) is 0 Å². The normalized spacial score (nSPS) is 22.6. The minimum Gasteiger partial charge on any atom is -0.319 e. The van der Waals surface area contributed by atoms with Crippen LogP contribution >= 0.6 is 0 Å². The summed E-state index contributed by atoms with van der Waals surface area (Å²) in [6.45, 7) is 1.69. The SMILES string of the molecule is CC(c1nncn1C)N1C(=O)NC(=O)C2(CC2)C1=O. The minimum atomic E-state index is -1.03. The van der Waals surface area contributed by atoms with Crippen molar-refractivity contribution in [1.29, 1.82) is 0 Å². The Bertz CT molecular complexity index is 589. The van der Waals surface area contributed by atoms with Crippen LogP contribution in [0.1, 0.15) is 31.6 Å². The van der Waals surface area contributed by atoms with Gasteiger partial charge in [0, 0.05) is 7.05 Å². The largest absolute Gasteiger partial charge is 0.331 e. The van der Waals surface area contributed by atoms with E-state index in [4.69, 9.17) is 0 Å². The van der Waals surface area contributed by atoms with Crippen LogP contribution in [0.4, 0.5) is 4.79 Å². The number of urea groups is 1. The van der Waals surface area contributed by atoms with Crippen molar-refractivity contribution < 1.29 is 14.4 Å². The predicted octanol–water partition coefficient (Wildman–Crippen LogP) is -0.265. The molecular formula is C11H13N5O3. The first kappa shape index (κ1) is 11.8. The molecule has 1 aliphatic carbocycles. The van der Waals surface area contributed by atoms with Gasteiger partial charge in [-0.25, -0.2) is 4.79 Å². The fourth-order valence-corrected chi connectivity index (χ4v) is 2.40. The molecule has 1 N–H and O–H groups in total. The maximum atomic E-state index is 12.4. The molecule has 0 aromatic carbocycles. The van der Waals surface area contributed by atoms with E-state index < -0.39 is 29.3 Å². The average molecular weight is 263 g/mol. The molecule has 8 heteroatoms. The molecular weight excluding hydrogens is 250 g/mol. The highest BCUT2D eigenvalue weighted by molar-refractivity contribution is 6.21. The molecule has 8 nitrogen and oxygen atoms in total. The lowest BCUT2D eigenvalue weighted by atomic mass is 10.0.